The maximum atomic E-state index is 13.2. The highest BCUT2D eigenvalue weighted by atomic mass is 35.5. The highest BCUT2D eigenvalue weighted by Gasteiger charge is 2.54. The molecule has 0 aromatic heterocycles. The highest BCUT2D eigenvalue weighted by Crippen LogP contribution is 2.60. The van der Waals surface area contributed by atoms with E-state index in [1.165, 1.54) is 37.5 Å². The first-order valence-corrected chi connectivity index (χ1v) is 9.79. The molecule has 2 N–H and O–H groups in total. The van der Waals surface area contributed by atoms with Crippen molar-refractivity contribution in [1.29, 1.82) is 0 Å². The Hall–Kier alpha value is -1.62. The van der Waals surface area contributed by atoms with Gasteiger partial charge in [0, 0.05) is 11.1 Å². The van der Waals surface area contributed by atoms with E-state index in [1.54, 1.807) is 6.92 Å². The first-order chi connectivity index (χ1) is 12.3. The molecule has 0 heterocycles. The molecule has 0 unspecified atom stereocenters. The van der Waals surface area contributed by atoms with Crippen LogP contribution in [-0.2, 0) is 9.59 Å². The van der Waals surface area contributed by atoms with Gasteiger partial charge in [0.25, 0.3) is 0 Å². The third-order valence-corrected chi connectivity index (χ3v) is 6.74. The van der Waals surface area contributed by atoms with E-state index in [2.05, 4.69) is 10.6 Å². The molecule has 4 aliphatic carbocycles. The molecule has 2 amide bonds. The molecule has 4 nitrogen and oxygen atoms in total. The number of carbonyl (C=O) groups is 2. The van der Waals surface area contributed by atoms with Crippen molar-refractivity contribution in [3.05, 3.63) is 29.0 Å². The fourth-order valence-corrected chi connectivity index (χ4v) is 5.81. The quantitative estimate of drug-likeness (QED) is 0.827. The van der Waals surface area contributed by atoms with Crippen molar-refractivity contribution in [2.75, 3.05) is 5.32 Å². The standard InChI is InChI=1S/C20H24ClFN2O2/c1-11(18(25)24-15-2-3-17(22)16(21)7-15)23-19(26)20-8-12-4-13(9-20)6-14(5-12)10-20/h2-3,7,11-14H,4-6,8-10H2,1H3,(H,23,26)(H,24,25)/t11-,12?,13?,14?,20?/m1/s1. The van der Waals surface area contributed by atoms with Gasteiger partial charge in [-0.1, -0.05) is 11.6 Å². The first-order valence-electron chi connectivity index (χ1n) is 9.41. The summed E-state index contributed by atoms with van der Waals surface area (Å²) < 4.78 is 13.2. The summed E-state index contributed by atoms with van der Waals surface area (Å²) in [7, 11) is 0. The number of nitrogens with one attached hydrogen (secondary N) is 2. The van der Waals surface area contributed by atoms with E-state index in [0.717, 1.165) is 19.3 Å². The second kappa shape index (κ2) is 6.52. The van der Waals surface area contributed by atoms with Crippen LogP contribution in [0.25, 0.3) is 0 Å². The molecule has 1 aromatic carbocycles. The van der Waals surface area contributed by atoms with E-state index >= 15 is 0 Å². The number of benzene rings is 1. The molecule has 1 atom stereocenters. The summed E-state index contributed by atoms with van der Waals surface area (Å²) in [5.41, 5.74) is 0.139. The Bertz CT molecular complexity index is 716. The molecule has 0 spiro atoms. The number of halogens is 2. The molecule has 140 valence electrons. The minimum atomic E-state index is -0.653. The molecule has 4 bridgehead atoms. The number of rotatable bonds is 4. The normalized spacial score (nSPS) is 33.0. The van der Waals surface area contributed by atoms with Crippen molar-refractivity contribution in [1.82, 2.24) is 5.32 Å². The second-order valence-electron chi connectivity index (χ2n) is 8.51. The van der Waals surface area contributed by atoms with Gasteiger partial charge in [0.05, 0.1) is 5.02 Å². The van der Waals surface area contributed by atoms with Crippen LogP contribution in [0.2, 0.25) is 5.02 Å². The van der Waals surface area contributed by atoms with Crippen molar-refractivity contribution < 1.29 is 14.0 Å². The van der Waals surface area contributed by atoms with Crippen LogP contribution in [0.5, 0.6) is 0 Å². The van der Waals surface area contributed by atoms with Crippen molar-refractivity contribution >= 4 is 29.1 Å². The minimum absolute atomic E-state index is 0.0244. The first kappa shape index (κ1) is 17.8. The highest BCUT2D eigenvalue weighted by molar-refractivity contribution is 6.31. The van der Waals surface area contributed by atoms with Crippen molar-refractivity contribution in [3.63, 3.8) is 0 Å². The fraction of sp³-hybridized carbons (Fsp3) is 0.600. The molecule has 0 saturated heterocycles. The Morgan fingerprint density at radius 3 is 2.27 bits per heavy atom. The van der Waals surface area contributed by atoms with Gasteiger partial charge in [-0.15, -0.1) is 0 Å². The van der Waals surface area contributed by atoms with Crippen LogP contribution in [0.4, 0.5) is 10.1 Å². The Labute approximate surface area is 157 Å². The summed E-state index contributed by atoms with van der Waals surface area (Å²) in [6, 6.07) is 3.37. The molecule has 6 heteroatoms. The molecule has 4 aliphatic rings. The van der Waals surface area contributed by atoms with E-state index in [4.69, 9.17) is 11.6 Å². The summed E-state index contributed by atoms with van der Waals surface area (Å²) >= 11 is 5.74. The number of hydrogen-bond acceptors (Lipinski definition) is 2. The number of carbonyl (C=O) groups excluding carboxylic acids is 2. The minimum Gasteiger partial charge on any atom is -0.344 e. The number of amides is 2. The lowest BCUT2D eigenvalue weighted by atomic mass is 9.49. The Balaban J connectivity index is 1.39. The van der Waals surface area contributed by atoms with Gasteiger partial charge in [-0.2, -0.15) is 0 Å². The van der Waals surface area contributed by atoms with Crippen LogP contribution in [0.3, 0.4) is 0 Å². The SMILES string of the molecule is C[C@@H](NC(=O)C12CC3CC(CC(C3)C1)C2)C(=O)Nc1ccc(F)c(Cl)c1. The summed E-state index contributed by atoms with van der Waals surface area (Å²) in [5, 5.41) is 5.56. The maximum Gasteiger partial charge on any atom is 0.246 e. The van der Waals surface area contributed by atoms with Crippen LogP contribution in [0.15, 0.2) is 18.2 Å². The monoisotopic (exact) mass is 378 g/mol. The molecule has 4 fully saturated rings. The zero-order valence-electron chi connectivity index (χ0n) is 14.9. The number of hydrogen-bond donors (Lipinski definition) is 2. The van der Waals surface area contributed by atoms with Gasteiger partial charge in [0.15, 0.2) is 0 Å². The lowest BCUT2D eigenvalue weighted by Crippen LogP contribution is -2.56. The fourth-order valence-electron chi connectivity index (χ4n) is 5.63. The molecular weight excluding hydrogens is 355 g/mol. The summed E-state index contributed by atoms with van der Waals surface area (Å²) in [6.07, 6.45) is 6.71. The molecule has 1 aromatic rings. The Morgan fingerprint density at radius 1 is 1.15 bits per heavy atom. The smallest absolute Gasteiger partial charge is 0.246 e. The van der Waals surface area contributed by atoms with E-state index in [-0.39, 0.29) is 22.3 Å². The van der Waals surface area contributed by atoms with E-state index in [0.29, 0.717) is 23.4 Å². The lowest BCUT2D eigenvalue weighted by molar-refractivity contribution is -0.147. The van der Waals surface area contributed by atoms with Gasteiger partial charge in [-0.25, -0.2) is 4.39 Å². The summed E-state index contributed by atoms with van der Waals surface area (Å²) in [6.45, 7) is 1.68. The maximum absolute atomic E-state index is 13.2. The van der Waals surface area contributed by atoms with Gasteiger partial charge in [0.1, 0.15) is 11.9 Å². The van der Waals surface area contributed by atoms with Gasteiger partial charge in [-0.05, 0) is 81.4 Å². The predicted molar refractivity (Wildman–Crippen MR) is 98.2 cm³/mol. The molecular formula is C20H24ClFN2O2. The van der Waals surface area contributed by atoms with Crippen molar-refractivity contribution in [2.24, 2.45) is 23.2 Å². The van der Waals surface area contributed by atoms with E-state index in [1.807, 2.05) is 0 Å². The topological polar surface area (TPSA) is 58.2 Å². The Kier molecular flexibility index (Phi) is 4.46. The average Bonchev–Trinajstić information content (AvgIpc) is 2.57. The van der Waals surface area contributed by atoms with Crippen molar-refractivity contribution in [3.8, 4) is 0 Å². The van der Waals surface area contributed by atoms with Gasteiger partial charge in [0.2, 0.25) is 11.8 Å². The lowest BCUT2D eigenvalue weighted by Gasteiger charge is -2.55. The molecule has 0 aliphatic heterocycles. The van der Waals surface area contributed by atoms with Crippen LogP contribution in [-0.4, -0.2) is 17.9 Å². The Morgan fingerprint density at radius 2 is 1.73 bits per heavy atom. The predicted octanol–water partition coefficient (Wildman–Crippen LogP) is 4.14. The summed E-state index contributed by atoms with van der Waals surface area (Å²) in [4.78, 5) is 25.4. The number of anilines is 1. The third kappa shape index (κ3) is 3.22. The van der Waals surface area contributed by atoms with Crippen LogP contribution in [0.1, 0.15) is 45.4 Å². The van der Waals surface area contributed by atoms with E-state index in [9.17, 15) is 14.0 Å². The zero-order chi connectivity index (χ0) is 18.5. The second-order valence-corrected chi connectivity index (χ2v) is 8.92. The van der Waals surface area contributed by atoms with Gasteiger partial charge >= 0.3 is 0 Å². The van der Waals surface area contributed by atoms with Gasteiger partial charge < -0.3 is 10.6 Å². The molecule has 4 saturated carbocycles. The zero-order valence-corrected chi connectivity index (χ0v) is 15.6. The molecule has 0 radical (unpaired) electrons. The average molecular weight is 379 g/mol. The van der Waals surface area contributed by atoms with Gasteiger partial charge in [-0.3, -0.25) is 9.59 Å². The van der Waals surface area contributed by atoms with Crippen molar-refractivity contribution in [2.45, 2.75) is 51.5 Å². The third-order valence-electron chi connectivity index (χ3n) is 6.45. The molecule has 5 rings (SSSR count). The van der Waals surface area contributed by atoms with E-state index < -0.39 is 11.9 Å². The summed E-state index contributed by atoms with van der Waals surface area (Å²) in [5.74, 6) is 1.20. The van der Waals surface area contributed by atoms with Crippen LogP contribution < -0.4 is 10.6 Å². The van der Waals surface area contributed by atoms with Crippen LogP contribution >= 0.6 is 11.6 Å². The molecule has 26 heavy (non-hydrogen) atoms. The van der Waals surface area contributed by atoms with Crippen LogP contribution in [0, 0.1) is 29.0 Å². The largest absolute Gasteiger partial charge is 0.344 e.